The van der Waals surface area contributed by atoms with E-state index in [1.807, 2.05) is 0 Å². The molecule has 76 valence electrons. The number of rotatable bonds is 2. The number of methoxy groups -OCH3 is 1. The molecule has 0 radical (unpaired) electrons. The number of terminal acetylenes is 1. The molecule has 2 unspecified atom stereocenters. The van der Waals surface area contributed by atoms with Gasteiger partial charge in [0.2, 0.25) is 5.91 Å². The van der Waals surface area contributed by atoms with Gasteiger partial charge in [-0.15, -0.1) is 6.42 Å². The fraction of sp³-hybridized carbons (Fsp3) is 0.600. The van der Waals surface area contributed by atoms with Gasteiger partial charge in [-0.25, -0.2) is 4.79 Å². The second kappa shape index (κ2) is 4.14. The van der Waals surface area contributed by atoms with Crippen LogP contribution >= 0.6 is 0 Å². The minimum Gasteiger partial charge on any atom is -0.467 e. The Morgan fingerprint density at radius 3 is 2.93 bits per heavy atom. The molecule has 0 saturated carbocycles. The average molecular weight is 195 g/mol. The van der Waals surface area contributed by atoms with Crippen molar-refractivity contribution in [2.24, 2.45) is 0 Å². The maximum absolute atomic E-state index is 11.4. The molecule has 0 bridgehead atoms. The van der Waals surface area contributed by atoms with Crippen molar-refractivity contribution in [3.63, 3.8) is 0 Å². The van der Waals surface area contributed by atoms with E-state index in [0.29, 0.717) is 12.8 Å². The Hall–Kier alpha value is -1.50. The summed E-state index contributed by atoms with van der Waals surface area (Å²) >= 11 is 0. The van der Waals surface area contributed by atoms with Crippen LogP contribution in [0.5, 0.6) is 0 Å². The number of carbonyl (C=O) groups excluding carboxylic acids is 2. The summed E-state index contributed by atoms with van der Waals surface area (Å²) in [5.74, 6) is 1.97. The van der Waals surface area contributed by atoms with Crippen molar-refractivity contribution in [2.45, 2.75) is 31.8 Å². The SMILES string of the molecule is C#CC(C)N1C(=O)CCC1C(=O)OC. The monoisotopic (exact) mass is 195 g/mol. The molecule has 0 spiro atoms. The summed E-state index contributed by atoms with van der Waals surface area (Å²) in [6.07, 6.45) is 6.09. The molecular weight excluding hydrogens is 182 g/mol. The first kappa shape index (κ1) is 10.6. The third kappa shape index (κ3) is 1.72. The van der Waals surface area contributed by atoms with Crippen LogP contribution in [0.25, 0.3) is 0 Å². The lowest BCUT2D eigenvalue weighted by molar-refractivity contribution is -0.149. The highest BCUT2D eigenvalue weighted by Gasteiger charge is 2.38. The van der Waals surface area contributed by atoms with E-state index >= 15 is 0 Å². The second-order valence-electron chi connectivity index (χ2n) is 3.22. The third-order valence-corrected chi connectivity index (χ3v) is 2.39. The van der Waals surface area contributed by atoms with Gasteiger partial charge >= 0.3 is 5.97 Å². The molecule has 0 N–H and O–H groups in total. The molecule has 14 heavy (non-hydrogen) atoms. The van der Waals surface area contributed by atoms with E-state index in [9.17, 15) is 9.59 Å². The molecule has 1 aliphatic heterocycles. The molecular formula is C10H13NO3. The van der Waals surface area contributed by atoms with E-state index in [-0.39, 0.29) is 11.9 Å². The molecule has 4 heteroatoms. The molecule has 1 heterocycles. The normalized spacial score (nSPS) is 23.1. The maximum atomic E-state index is 11.4. The van der Waals surface area contributed by atoms with Crippen LogP contribution in [0.4, 0.5) is 0 Å². The zero-order chi connectivity index (χ0) is 10.7. The van der Waals surface area contributed by atoms with Gasteiger partial charge in [0.05, 0.1) is 13.2 Å². The minimum atomic E-state index is -0.501. The van der Waals surface area contributed by atoms with Crippen LogP contribution in [-0.4, -0.2) is 36.0 Å². The lowest BCUT2D eigenvalue weighted by Crippen LogP contribution is -2.44. The summed E-state index contributed by atoms with van der Waals surface area (Å²) in [5.41, 5.74) is 0. The van der Waals surface area contributed by atoms with E-state index in [1.54, 1.807) is 6.92 Å². The largest absolute Gasteiger partial charge is 0.467 e. The van der Waals surface area contributed by atoms with Crippen LogP contribution in [0.15, 0.2) is 0 Å². The van der Waals surface area contributed by atoms with Crippen molar-refractivity contribution in [1.82, 2.24) is 4.90 Å². The second-order valence-corrected chi connectivity index (χ2v) is 3.22. The third-order valence-electron chi connectivity index (χ3n) is 2.39. The highest BCUT2D eigenvalue weighted by Crippen LogP contribution is 2.22. The summed E-state index contributed by atoms with van der Waals surface area (Å²) in [4.78, 5) is 24.2. The predicted molar refractivity (Wildman–Crippen MR) is 50.2 cm³/mol. The van der Waals surface area contributed by atoms with Gasteiger partial charge in [0.25, 0.3) is 0 Å². The molecule has 0 aromatic rings. The fourth-order valence-corrected chi connectivity index (χ4v) is 1.64. The van der Waals surface area contributed by atoms with Crippen molar-refractivity contribution >= 4 is 11.9 Å². The molecule has 1 saturated heterocycles. The fourth-order valence-electron chi connectivity index (χ4n) is 1.64. The Kier molecular flexibility index (Phi) is 3.13. The summed E-state index contributed by atoms with van der Waals surface area (Å²) in [5, 5.41) is 0. The van der Waals surface area contributed by atoms with Gasteiger partial charge in [0.15, 0.2) is 0 Å². The smallest absolute Gasteiger partial charge is 0.328 e. The van der Waals surface area contributed by atoms with Crippen LogP contribution in [0.1, 0.15) is 19.8 Å². The van der Waals surface area contributed by atoms with Gasteiger partial charge in [-0.05, 0) is 13.3 Å². The van der Waals surface area contributed by atoms with Crippen LogP contribution in [0.3, 0.4) is 0 Å². The standard InChI is InChI=1S/C10H13NO3/c1-4-7(2)11-8(10(13)14-3)5-6-9(11)12/h1,7-8H,5-6H2,2-3H3. The summed E-state index contributed by atoms with van der Waals surface area (Å²) in [6.45, 7) is 1.72. The Morgan fingerprint density at radius 2 is 2.43 bits per heavy atom. The molecule has 1 aliphatic rings. The van der Waals surface area contributed by atoms with Gasteiger partial charge in [-0.3, -0.25) is 4.79 Å². The van der Waals surface area contributed by atoms with E-state index in [0.717, 1.165) is 0 Å². The lowest BCUT2D eigenvalue weighted by Gasteiger charge is -2.25. The number of likely N-dealkylation sites (tertiary alicyclic amines) is 1. The number of carbonyl (C=O) groups is 2. The molecule has 2 atom stereocenters. The first-order chi connectivity index (χ1) is 6.61. The Bertz CT molecular complexity index is 292. The Labute approximate surface area is 83.2 Å². The molecule has 4 nitrogen and oxygen atoms in total. The van der Waals surface area contributed by atoms with Gasteiger partial charge in [-0.1, -0.05) is 5.92 Å². The average Bonchev–Trinajstić information content (AvgIpc) is 2.58. The van der Waals surface area contributed by atoms with Gasteiger partial charge < -0.3 is 9.64 Å². The molecule has 0 aromatic heterocycles. The summed E-state index contributed by atoms with van der Waals surface area (Å²) < 4.78 is 4.61. The van der Waals surface area contributed by atoms with E-state index in [4.69, 9.17) is 6.42 Å². The van der Waals surface area contributed by atoms with Gasteiger partial charge in [0.1, 0.15) is 6.04 Å². The Balaban J connectivity index is 2.83. The van der Waals surface area contributed by atoms with Crippen LogP contribution < -0.4 is 0 Å². The van der Waals surface area contributed by atoms with E-state index < -0.39 is 12.0 Å². The topological polar surface area (TPSA) is 46.6 Å². The summed E-state index contributed by atoms with van der Waals surface area (Å²) in [6, 6.07) is -0.854. The highest BCUT2D eigenvalue weighted by molar-refractivity contribution is 5.88. The number of hydrogen-bond donors (Lipinski definition) is 0. The number of hydrogen-bond acceptors (Lipinski definition) is 3. The molecule has 1 rings (SSSR count). The summed E-state index contributed by atoms with van der Waals surface area (Å²) in [7, 11) is 1.31. The molecule has 0 aliphatic carbocycles. The molecule has 1 fully saturated rings. The van der Waals surface area contributed by atoms with Crippen molar-refractivity contribution in [2.75, 3.05) is 7.11 Å². The van der Waals surface area contributed by atoms with Crippen molar-refractivity contribution in [3.05, 3.63) is 0 Å². The highest BCUT2D eigenvalue weighted by atomic mass is 16.5. The van der Waals surface area contributed by atoms with E-state index in [2.05, 4.69) is 10.7 Å². The number of nitrogens with zero attached hydrogens (tertiary/aromatic N) is 1. The number of amides is 1. The Morgan fingerprint density at radius 1 is 1.79 bits per heavy atom. The first-order valence-corrected chi connectivity index (χ1v) is 4.47. The van der Waals surface area contributed by atoms with Crippen molar-refractivity contribution < 1.29 is 14.3 Å². The van der Waals surface area contributed by atoms with Crippen LogP contribution in [-0.2, 0) is 14.3 Å². The van der Waals surface area contributed by atoms with Gasteiger partial charge in [0, 0.05) is 6.42 Å². The van der Waals surface area contributed by atoms with Crippen LogP contribution in [0.2, 0.25) is 0 Å². The van der Waals surface area contributed by atoms with Crippen molar-refractivity contribution in [1.29, 1.82) is 0 Å². The maximum Gasteiger partial charge on any atom is 0.328 e. The molecule has 0 aromatic carbocycles. The number of esters is 1. The zero-order valence-corrected chi connectivity index (χ0v) is 8.32. The van der Waals surface area contributed by atoms with Gasteiger partial charge in [-0.2, -0.15) is 0 Å². The minimum absolute atomic E-state index is 0.0779. The molecule has 1 amide bonds. The zero-order valence-electron chi connectivity index (χ0n) is 8.32. The lowest BCUT2D eigenvalue weighted by atomic mass is 10.2. The van der Waals surface area contributed by atoms with E-state index in [1.165, 1.54) is 12.0 Å². The first-order valence-electron chi connectivity index (χ1n) is 4.47. The van der Waals surface area contributed by atoms with Crippen LogP contribution in [0, 0.1) is 12.3 Å². The number of ether oxygens (including phenoxy) is 1. The quantitative estimate of drug-likeness (QED) is 0.466. The van der Waals surface area contributed by atoms with Crippen molar-refractivity contribution in [3.8, 4) is 12.3 Å². The predicted octanol–water partition coefficient (Wildman–Crippen LogP) is 0.172.